The van der Waals surface area contributed by atoms with Crippen molar-refractivity contribution in [3.05, 3.63) is 0 Å². The maximum atomic E-state index is 8.93. The molecular weight excluding hydrogens is 344 g/mol. The number of ether oxygens (including phenoxy) is 2. The van der Waals surface area contributed by atoms with Gasteiger partial charge in [-0.05, 0) is 0 Å². The van der Waals surface area contributed by atoms with E-state index in [0.717, 1.165) is 64.7 Å². The summed E-state index contributed by atoms with van der Waals surface area (Å²) in [6, 6.07) is 1.48. The van der Waals surface area contributed by atoms with Gasteiger partial charge in [0, 0.05) is 52.4 Å². The van der Waals surface area contributed by atoms with Crippen molar-refractivity contribution in [2.45, 2.75) is 12.1 Å². The average molecular weight is 372 g/mol. The van der Waals surface area contributed by atoms with E-state index in [1.165, 1.54) is 26.2 Å². The second-order valence-electron chi connectivity index (χ2n) is 6.53. The number of nitrogens with zero attached hydrogens (tertiary/aromatic N) is 2. The molecule has 2 N–H and O–H groups in total. The minimum absolute atomic E-state index is 0.738. The fraction of sp³-hybridized carbons (Fsp3) is 0.875. The Bertz CT molecular complexity index is 392. The fourth-order valence-corrected chi connectivity index (χ4v) is 2.96. The molecular formula is C16H28N4O6-2. The lowest BCUT2D eigenvalue weighted by molar-refractivity contribution is -0.345. The highest BCUT2D eigenvalue weighted by Crippen LogP contribution is 2.10. The molecule has 150 valence electrons. The lowest BCUT2D eigenvalue weighted by Gasteiger charge is -2.39. The summed E-state index contributed by atoms with van der Waals surface area (Å²) in [7, 11) is 0. The molecule has 10 nitrogen and oxygen atoms in total. The molecule has 0 aromatic heterocycles. The van der Waals surface area contributed by atoms with Crippen LogP contribution < -0.4 is 20.8 Å². The molecule has 4 heterocycles. The van der Waals surface area contributed by atoms with Gasteiger partial charge in [0.05, 0.1) is 50.4 Å². The van der Waals surface area contributed by atoms with Crippen LogP contribution in [0.15, 0.2) is 0 Å². The molecule has 0 aromatic rings. The zero-order chi connectivity index (χ0) is 18.8. The third-order valence-electron chi connectivity index (χ3n) is 4.74. The Morgan fingerprint density at radius 1 is 0.692 bits per heavy atom. The summed E-state index contributed by atoms with van der Waals surface area (Å²) in [6.07, 6.45) is 0. The van der Waals surface area contributed by atoms with Crippen molar-refractivity contribution in [1.29, 1.82) is 0 Å². The first-order valence-corrected chi connectivity index (χ1v) is 9.05. The molecule has 4 aliphatic heterocycles. The van der Waals surface area contributed by atoms with E-state index in [1.807, 2.05) is 0 Å². The third kappa shape index (κ3) is 7.14. The van der Waals surface area contributed by atoms with E-state index in [2.05, 4.69) is 20.4 Å². The Hall–Kier alpha value is -1.30. The van der Waals surface area contributed by atoms with Gasteiger partial charge < -0.3 is 39.9 Å². The first-order valence-electron chi connectivity index (χ1n) is 9.05. The van der Waals surface area contributed by atoms with Gasteiger partial charge in [0.15, 0.2) is 0 Å². The first kappa shape index (κ1) is 21.0. The highest BCUT2D eigenvalue weighted by molar-refractivity contribution is 6.25. The number of piperazine rings is 2. The quantitative estimate of drug-likeness (QED) is 0.455. The molecule has 0 aromatic carbocycles. The molecule has 10 heteroatoms. The summed E-state index contributed by atoms with van der Waals surface area (Å²) in [5.41, 5.74) is 0. The van der Waals surface area contributed by atoms with Gasteiger partial charge in [-0.3, -0.25) is 9.80 Å². The number of carbonyl (C=O) groups excluding carboxylic acids is 2. The van der Waals surface area contributed by atoms with Gasteiger partial charge in [0.2, 0.25) is 0 Å². The molecule has 4 fully saturated rings. The highest BCUT2D eigenvalue weighted by Gasteiger charge is 2.27. The Morgan fingerprint density at radius 2 is 1.00 bits per heavy atom. The Kier molecular flexibility index (Phi) is 9.23. The van der Waals surface area contributed by atoms with Gasteiger partial charge in [-0.2, -0.15) is 0 Å². The van der Waals surface area contributed by atoms with Crippen molar-refractivity contribution < 1.29 is 29.3 Å². The fourth-order valence-electron chi connectivity index (χ4n) is 2.96. The van der Waals surface area contributed by atoms with Gasteiger partial charge in [-0.1, -0.05) is 0 Å². The molecule has 0 atom stereocenters. The van der Waals surface area contributed by atoms with Crippen LogP contribution in [0.1, 0.15) is 0 Å². The number of aliphatic carboxylic acids is 2. The number of nitrogens with one attached hydrogen (secondary N) is 2. The molecule has 0 radical (unpaired) electrons. The van der Waals surface area contributed by atoms with Crippen LogP contribution in [0, 0.1) is 0 Å². The molecule has 0 spiro atoms. The normalized spacial score (nSPS) is 24.8. The van der Waals surface area contributed by atoms with Gasteiger partial charge in [-0.15, -0.1) is 0 Å². The minimum atomic E-state index is -2.19. The number of hydrogen-bond donors (Lipinski definition) is 2. The summed E-state index contributed by atoms with van der Waals surface area (Å²) < 4.78 is 10.3. The Morgan fingerprint density at radius 3 is 1.19 bits per heavy atom. The topological polar surface area (TPSA) is 129 Å². The van der Waals surface area contributed by atoms with Crippen LogP contribution in [0.5, 0.6) is 0 Å². The molecule has 26 heavy (non-hydrogen) atoms. The molecule has 0 unspecified atom stereocenters. The lowest BCUT2D eigenvalue weighted by Crippen LogP contribution is -2.55. The maximum absolute atomic E-state index is 8.93. The SMILES string of the molecule is C1CN(C2COC2)CCN1.C1CN(C2COC2)CCN1.O=C([O-])C(=O)[O-]. The van der Waals surface area contributed by atoms with Crippen LogP contribution in [0.25, 0.3) is 0 Å². The zero-order valence-corrected chi connectivity index (χ0v) is 15.0. The standard InChI is InChI=1S/2C7H14N2O.C2H2O4/c2*1-3-9(4-2-8-1)7-5-10-6-7;3-1(4)2(5)6/h2*7-8H,1-6H2;(H,3,4)(H,5,6)/p-2. The maximum Gasteiger partial charge on any atom is 0.0870 e. The largest absolute Gasteiger partial charge is 0.543 e. The molecule has 0 bridgehead atoms. The first-order chi connectivity index (χ1) is 12.6. The van der Waals surface area contributed by atoms with Gasteiger partial charge in [0.1, 0.15) is 0 Å². The van der Waals surface area contributed by atoms with Crippen LogP contribution in [0.4, 0.5) is 0 Å². The van der Waals surface area contributed by atoms with Crippen LogP contribution in [0.3, 0.4) is 0 Å². The van der Waals surface area contributed by atoms with Crippen LogP contribution in [-0.4, -0.2) is 113 Å². The second kappa shape index (κ2) is 11.4. The van der Waals surface area contributed by atoms with Crippen LogP contribution in [0.2, 0.25) is 0 Å². The van der Waals surface area contributed by atoms with Gasteiger partial charge in [-0.25, -0.2) is 0 Å². The molecule has 4 saturated heterocycles. The average Bonchev–Trinajstić information content (AvgIpc) is 2.55. The van der Waals surface area contributed by atoms with Crippen molar-refractivity contribution in [3.8, 4) is 0 Å². The second-order valence-corrected chi connectivity index (χ2v) is 6.53. The van der Waals surface area contributed by atoms with Gasteiger partial charge >= 0.3 is 0 Å². The van der Waals surface area contributed by atoms with Crippen molar-refractivity contribution in [1.82, 2.24) is 20.4 Å². The highest BCUT2D eigenvalue weighted by atomic mass is 16.5. The van der Waals surface area contributed by atoms with E-state index in [9.17, 15) is 0 Å². The van der Waals surface area contributed by atoms with Gasteiger partial charge in [0.25, 0.3) is 0 Å². The molecule has 4 rings (SSSR count). The number of carboxylic acid groups (broad SMARTS) is 2. The molecule has 4 aliphatic rings. The van der Waals surface area contributed by atoms with E-state index in [-0.39, 0.29) is 0 Å². The van der Waals surface area contributed by atoms with Crippen molar-refractivity contribution in [2.24, 2.45) is 0 Å². The number of hydrogen-bond acceptors (Lipinski definition) is 10. The molecule has 0 aliphatic carbocycles. The van der Waals surface area contributed by atoms with Crippen molar-refractivity contribution >= 4 is 11.9 Å². The third-order valence-corrected chi connectivity index (χ3v) is 4.74. The van der Waals surface area contributed by atoms with Crippen LogP contribution >= 0.6 is 0 Å². The summed E-state index contributed by atoms with van der Waals surface area (Å²) in [5.74, 6) is -4.37. The summed E-state index contributed by atoms with van der Waals surface area (Å²) >= 11 is 0. The van der Waals surface area contributed by atoms with E-state index < -0.39 is 11.9 Å². The molecule has 0 amide bonds. The zero-order valence-electron chi connectivity index (χ0n) is 15.0. The number of carboxylic acids is 2. The smallest absolute Gasteiger partial charge is 0.0870 e. The van der Waals surface area contributed by atoms with E-state index in [0.29, 0.717) is 0 Å². The number of rotatable bonds is 2. The van der Waals surface area contributed by atoms with Crippen LogP contribution in [-0.2, 0) is 19.1 Å². The van der Waals surface area contributed by atoms with Crippen molar-refractivity contribution in [2.75, 3.05) is 78.8 Å². The van der Waals surface area contributed by atoms with E-state index >= 15 is 0 Å². The predicted molar refractivity (Wildman–Crippen MR) is 88.1 cm³/mol. The Balaban J connectivity index is 0.000000146. The molecule has 0 saturated carbocycles. The predicted octanol–water partition coefficient (Wildman–Crippen LogP) is -4.93. The van der Waals surface area contributed by atoms with Crippen molar-refractivity contribution in [3.63, 3.8) is 0 Å². The Labute approximate surface area is 153 Å². The lowest BCUT2D eigenvalue weighted by atomic mass is 10.2. The summed E-state index contributed by atoms with van der Waals surface area (Å²) in [5, 5.41) is 24.5. The summed E-state index contributed by atoms with van der Waals surface area (Å²) in [4.78, 5) is 22.9. The minimum Gasteiger partial charge on any atom is -0.543 e. The van der Waals surface area contributed by atoms with E-state index in [1.54, 1.807) is 0 Å². The van der Waals surface area contributed by atoms with E-state index in [4.69, 9.17) is 29.3 Å². The number of carbonyl (C=O) groups is 2. The summed E-state index contributed by atoms with van der Waals surface area (Å²) in [6.45, 7) is 13.2. The monoisotopic (exact) mass is 372 g/mol.